The molecule has 2 N–H and O–H groups in total. The van der Waals surface area contributed by atoms with Crippen LogP contribution in [0.4, 0.5) is 11.4 Å². The molecule has 0 aliphatic rings. The predicted molar refractivity (Wildman–Crippen MR) is 106 cm³/mol. The van der Waals surface area contributed by atoms with E-state index in [0.717, 1.165) is 5.56 Å². The Hall–Kier alpha value is -3.44. The van der Waals surface area contributed by atoms with Crippen LogP contribution in [-0.4, -0.2) is 18.9 Å². The molecule has 0 saturated carbocycles. The number of carbonyl (C=O) groups is 2. The molecule has 0 heterocycles. The molecule has 3 aromatic carbocycles. The van der Waals surface area contributed by atoms with Gasteiger partial charge in [0, 0.05) is 29.6 Å². The van der Waals surface area contributed by atoms with Gasteiger partial charge in [-0.15, -0.1) is 0 Å². The van der Waals surface area contributed by atoms with Crippen LogP contribution in [0.5, 0.6) is 0 Å². The van der Waals surface area contributed by atoms with Gasteiger partial charge in [-0.05, 0) is 54.1 Å². The van der Waals surface area contributed by atoms with E-state index in [0.29, 0.717) is 29.1 Å². The van der Waals surface area contributed by atoms with Crippen molar-refractivity contribution >= 4 is 23.2 Å². The van der Waals surface area contributed by atoms with E-state index < -0.39 is 0 Å². The average molecular weight is 360 g/mol. The van der Waals surface area contributed by atoms with Gasteiger partial charge in [0.25, 0.3) is 11.8 Å². The van der Waals surface area contributed by atoms with Gasteiger partial charge >= 0.3 is 0 Å². The summed E-state index contributed by atoms with van der Waals surface area (Å²) in [4.78, 5) is 24.6. The molecule has 0 aliphatic carbocycles. The first-order valence-corrected chi connectivity index (χ1v) is 8.51. The van der Waals surface area contributed by atoms with Crippen molar-refractivity contribution in [1.82, 2.24) is 0 Å². The summed E-state index contributed by atoms with van der Waals surface area (Å²) < 4.78 is 5.10. The van der Waals surface area contributed by atoms with Gasteiger partial charge in [-0.25, -0.2) is 0 Å². The number of hydrogen-bond acceptors (Lipinski definition) is 3. The quantitative estimate of drug-likeness (QED) is 0.687. The Balaban J connectivity index is 1.63. The SMILES string of the molecule is COCc1cccc(NC(=O)c2ccc(NC(=O)c3ccccc3)cc2)c1. The molecule has 0 saturated heterocycles. The maximum Gasteiger partial charge on any atom is 0.255 e. The fraction of sp³-hybridized carbons (Fsp3) is 0.0909. The Morgan fingerprint density at radius 2 is 1.37 bits per heavy atom. The molecule has 3 rings (SSSR count). The van der Waals surface area contributed by atoms with Crippen LogP contribution in [0.25, 0.3) is 0 Å². The van der Waals surface area contributed by atoms with Gasteiger partial charge in [-0.2, -0.15) is 0 Å². The number of nitrogens with one attached hydrogen (secondary N) is 2. The number of amides is 2. The Kier molecular flexibility index (Phi) is 5.97. The third kappa shape index (κ3) is 5.03. The van der Waals surface area contributed by atoms with Gasteiger partial charge in [0.15, 0.2) is 0 Å². The minimum Gasteiger partial charge on any atom is -0.380 e. The molecule has 0 aromatic heterocycles. The van der Waals surface area contributed by atoms with E-state index in [2.05, 4.69) is 10.6 Å². The smallest absolute Gasteiger partial charge is 0.255 e. The van der Waals surface area contributed by atoms with Crippen LogP contribution in [-0.2, 0) is 11.3 Å². The van der Waals surface area contributed by atoms with Crippen LogP contribution < -0.4 is 10.6 Å². The minimum absolute atomic E-state index is 0.192. The fourth-order valence-corrected chi connectivity index (χ4v) is 2.61. The van der Waals surface area contributed by atoms with E-state index in [-0.39, 0.29) is 11.8 Å². The number of ether oxygens (including phenoxy) is 1. The molecule has 0 atom stereocenters. The Bertz CT molecular complexity index is 922. The lowest BCUT2D eigenvalue weighted by Crippen LogP contribution is -2.13. The summed E-state index contributed by atoms with van der Waals surface area (Å²) in [6.07, 6.45) is 0. The number of benzene rings is 3. The highest BCUT2D eigenvalue weighted by Crippen LogP contribution is 2.15. The second-order valence-electron chi connectivity index (χ2n) is 5.99. The van der Waals surface area contributed by atoms with Crippen LogP contribution in [0.2, 0.25) is 0 Å². The van der Waals surface area contributed by atoms with Crippen LogP contribution >= 0.6 is 0 Å². The van der Waals surface area contributed by atoms with Gasteiger partial charge < -0.3 is 15.4 Å². The highest BCUT2D eigenvalue weighted by atomic mass is 16.5. The fourth-order valence-electron chi connectivity index (χ4n) is 2.61. The van der Waals surface area contributed by atoms with Crippen molar-refractivity contribution in [1.29, 1.82) is 0 Å². The van der Waals surface area contributed by atoms with Crippen molar-refractivity contribution in [2.24, 2.45) is 0 Å². The molecule has 0 fully saturated rings. The maximum atomic E-state index is 12.4. The Labute approximate surface area is 158 Å². The van der Waals surface area contributed by atoms with Gasteiger partial charge in [-0.1, -0.05) is 30.3 Å². The van der Waals surface area contributed by atoms with Crippen LogP contribution in [0.1, 0.15) is 26.3 Å². The summed E-state index contributed by atoms with van der Waals surface area (Å²) in [5, 5.41) is 5.67. The molecule has 0 unspecified atom stereocenters. The average Bonchev–Trinajstić information content (AvgIpc) is 2.70. The number of methoxy groups -OCH3 is 1. The Morgan fingerprint density at radius 1 is 0.741 bits per heavy atom. The standard InChI is InChI=1S/C22H20N2O3/c1-27-15-16-6-5-9-20(14-16)24-22(26)18-10-12-19(13-11-18)23-21(25)17-7-3-2-4-8-17/h2-14H,15H2,1H3,(H,23,25)(H,24,26). The van der Waals surface area contributed by atoms with Crippen molar-refractivity contribution < 1.29 is 14.3 Å². The van der Waals surface area contributed by atoms with Gasteiger partial charge in [0.05, 0.1) is 6.61 Å². The summed E-state index contributed by atoms with van der Waals surface area (Å²) in [6.45, 7) is 0.486. The van der Waals surface area contributed by atoms with Crippen LogP contribution in [0, 0.1) is 0 Å². The maximum absolute atomic E-state index is 12.4. The lowest BCUT2D eigenvalue weighted by atomic mass is 10.1. The lowest BCUT2D eigenvalue weighted by molar-refractivity contribution is 0.102. The van der Waals surface area contributed by atoms with Crippen molar-refractivity contribution in [2.45, 2.75) is 6.61 Å². The molecular formula is C22H20N2O3. The lowest BCUT2D eigenvalue weighted by Gasteiger charge is -2.09. The first-order chi connectivity index (χ1) is 13.2. The zero-order chi connectivity index (χ0) is 19.1. The van der Waals surface area contributed by atoms with Crippen molar-refractivity contribution in [3.8, 4) is 0 Å². The third-order valence-electron chi connectivity index (χ3n) is 3.94. The second kappa shape index (κ2) is 8.78. The molecule has 136 valence electrons. The monoisotopic (exact) mass is 360 g/mol. The van der Waals surface area contributed by atoms with Gasteiger partial charge in [-0.3, -0.25) is 9.59 Å². The second-order valence-corrected chi connectivity index (χ2v) is 5.99. The van der Waals surface area contributed by atoms with E-state index >= 15 is 0 Å². The molecule has 0 spiro atoms. The summed E-state index contributed by atoms with van der Waals surface area (Å²) in [6, 6.07) is 23.2. The molecule has 3 aromatic rings. The predicted octanol–water partition coefficient (Wildman–Crippen LogP) is 4.34. The number of carbonyl (C=O) groups excluding carboxylic acids is 2. The molecule has 2 amide bonds. The first kappa shape index (κ1) is 18.4. The largest absolute Gasteiger partial charge is 0.380 e. The zero-order valence-corrected chi connectivity index (χ0v) is 14.9. The number of hydrogen-bond donors (Lipinski definition) is 2. The molecule has 5 heteroatoms. The van der Waals surface area contributed by atoms with Gasteiger partial charge in [0.1, 0.15) is 0 Å². The summed E-state index contributed by atoms with van der Waals surface area (Å²) in [5.74, 6) is -0.409. The Morgan fingerprint density at radius 3 is 2.04 bits per heavy atom. The first-order valence-electron chi connectivity index (χ1n) is 8.51. The summed E-state index contributed by atoms with van der Waals surface area (Å²) in [7, 11) is 1.63. The summed E-state index contributed by atoms with van der Waals surface area (Å²) in [5.41, 5.74) is 3.40. The molecule has 0 aliphatic heterocycles. The molecule has 0 bridgehead atoms. The van der Waals surface area contributed by atoms with Crippen molar-refractivity contribution in [2.75, 3.05) is 17.7 Å². The number of rotatable bonds is 6. The van der Waals surface area contributed by atoms with Crippen LogP contribution in [0.3, 0.4) is 0 Å². The van der Waals surface area contributed by atoms with E-state index in [1.807, 2.05) is 42.5 Å². The summed E-state index contributed by atoms with van der Waals surface area (Å²) >= 11 is 0. The minimum atomic E-state index is -0.217. The highest BCUT2D eigenvalue weighted by Gasteiger charge is 2.08. The van der Waals surface area contributed by atoms with E-state index in [9.17, 15) is 9.59 Å². The molecular weight excluding hydrogens is 340 g/mol. The molecule has 5 nitrogen and oxygen atoms in total. The van der Waals surface area contributed by atoms with Crippen molar-refractivity contribution in [3.05, 3.63) is 95.6 Å². The van der Waals surface area contributed by atoms with E-state index in [1.54, 1.807) is 43.5 Å². The molecule has 0 radical (unpaired) electrons. The zero-order valence-electron chi connectivity index (χ0n) is 14.9. The number of anilines is 2. The molecule has 27 heavy (non-hydrogen) atoms. The van der Waals surface area contributed by atoms with E-state index in [4.69, 9.17) is 4.74 Å². The third-order valence-corrected chi connectivity index (χ3v) is 3.94. The van der Waals surface area contributed by atoms with E-state index in [1.165, 1.54) is 0 Å². The normalized spacial score (nSPS) is 10.3. The van der Waals surface area contributed by atoms with Gasteiger partial charge in [0.2, 0.25) is 0 Å². The highest BCUT2D eigenvalue weighted by molar-refractivity contribution is 6.06. The van der Waals surface area contributed by atoms with Crippen molar-refractivity contribution in [3.63, 3.8) is 0 Å². The van der Waals surface area contributed by atoms with Crippen LogP contribution in [0.15, 0.2) is 78.9 Å². The topological polar surface area (TPSA) is 67.4 Å².